The van der Waals surface area contributed by atoms with Crippen LogP contribution >= 0.6 is 23.1 Å². The quantitative estimate of drug-likeness (QED) is 0.246. The van der Waals surface area contributed by atoms with Crippen molar-refractivity contribution in [2.24, 2.45) is 0 Å². The van der Waals surface area contributed by atoms with Crippen molar-refractivity contribution >= 4 is 33.4 Å². The molecule has 0 aliphatic heterocycles. The van der Waals surface area contributed by atoms with Gasteiger partial charge in [-0.3, -0.25) is 4.79 Å². The van der Waals surface area contributed by atoms with Gasteiger partial charge in [-0.2, -0.15) is 4.39 Å². The molecule has 0 amide bonds. The van der Waals surface area contributed by atoms with E-state index in [0.29, 0.717) is 23.9 Å². The maximum absolute atomic E-state index is 14.7. The van der Waals surface area contributed by atoms with Gasteiger partial charge in [-0.25, -0.2) is 37.1 Å². The number of methoxy groups -OCH3 is 1. The second-order valence-corrected chi connectivity index (χ2v) is 7.75. The minimum absolute atomic E-state index is 0.0242. The average molecular weight is 472 g/mol. The molecule has 1 aromatic carbocycles. The monoisotopic (exact) mass is 472 g/mol. The number of pyridine rings is 1. The lowest BCUT2D eigenvalue weighted by atomic mass is 10.2. The van der Waals surface area contributed by atoms with Crippen molar-refractivity contribution in [3.05, 3.63) is 68.8 Å². The van der Waals surface area contributed by atoms with E-state index in [1.54, 1.807) is 0 Å². The normalized spacial score (nSPS) is 11.3. The fourth-order valence-corrected chi connectivity index (χ4v) is 4.35. The molecule has 4 rings (SSSR count). The molecule has 6 nitrogen and oxygen atoms in total. The Morgan fingerprint density at radius 1 is 1.10 bits per heavy atom. The van der Waals surface area contributed by atoms with Crippen molar-refractivity contribution in [3.8, 4) is 11.6 Å². The number of benzene rings is 1. The molecule has 0 aliphatic carbocycles. The molecule has 0 fully saturated rings. The van der Waals surface area contributed by atoms with E-state index in [9.17, 15) is 26.7 Å². The molecule has 0 aliphatic rings. The van der Waals surface area contributed by atoms with Gasteiger partial charge in [-0.05, 0) is 0 Å². The predicted molar refractivity (Wildman–Crippen MR) is 103 cm³/mol. The van der Waals surface area contributed by atoms with E-state index in [-0.39, 0.29) is 15.5 Å². The Morgan fingerprint density at radius 2 is 1.81 bits per heavy atom. The van der Waals surface area contributed by atoms with Gasteiger partial charge in [0.25, 0.3) is 11.4 Å². The van der Waals surface area contributed by atoms with Crippen molar-refractivity contribution in [2.75, 3.05) is 7.11 Å². The molecule has 3 aromatic heterocycles. The van der Waals surface area contributed by atoms with Gasteiger partial charge in [0.15, 0.2) is 16.6 Å². The number of rotatable bonds is 5. The van der Waals surface area contributed by atoms with Crippen LogP contribution in [0.4, 0.5) is 22.0 Å². The van der Waals surface area contributed by atoms with E-state index in [1.165, 1.54) is 5.51 Å². The van der Waals surface area contributed by atoms with Crippen molar-refractivity contribution in [1.82, 2.24) is 19.5 Å². The van der Waals surface area contributed by atoms with E-state index in [1.807, 2.05) is 0 Å². The third-order valence-corrected chi connectivity index (χ3v) is 5.90. The summed E-state index contributed by atoms with van der Waals surface area (Å²) in [5.74, 6) is -7.28. The standard InChI is InChI=1S/C18H9F5N4O2S2/c1-29-16-13(23)12(22)11(4-24-16)27-17(28)14-15(25-6-31-14)26-18(27)30-5-8-9(20)2-7(19)3-10(8)21/h2-4,6H,5H2,1H3. The molecule has 0 N–H and O–H groups in total. The lowest BCUT2D eigenvalue weighted by molar-refractivity contribution is 0.354. The number of thioether (sulfide) groups is 1. The predicted octanol–water partition coefficient (Wildman–Crippen LogP) is 4.23. The van der Waals surface area contributed by atoms with Crippen molar-refractivity contribution < 1.29 is 26.7 Å². The Bertz CT molecular complexity index is 1350. The molecule has 3 heterocycles. The summed E-state index contributed by atoms with van der Waals surface area (Å²) in [5, 5.41) is -0.225. The summed E-state index contributed by atoms with van der Waals surface area (Å²) in [6.45, 7) is 0. The van der Waals surface area contributed by atoms with E-state index in [2.05, 4.69) is 19.7 Å². The highest BCUT2D eigenvalue weighted by Crippen LogP contribution is 2.29. The van der Waals surface area contributed by atoms with E-state index < -0.39 is 57.5 Å². The van der Waals surface area contributed by atoms with Gasteiger partial charge < -0.3 is 4.74 Å². The van der Waals surface area contributed by atoms with E-state index in [4.69, 9.17) is 0 Å². The largest absolute Gasteiger partial charge is 0.479 e. The van der Waals surface area contributed by atoms with E-state index >= 15 is 0 Å². The third-order valence-electron chi connectivity index (χ3n) is 4.13. The topological polar surface area (TPSA) is 69.9 Å². The van der Waals surface area contributed by atoms with Crippen LogP contribution in [0.1, 0.15) is 5.56 Å². The zero-order valence-electron chi connectivity index (χ0n) is 15.3. The fourth-order valence-electron chi connectivity index (χ4n) is 2.69. The van der Waals surface area contributed by atoms with Crippen molar-refractivity contribution in [2.45, 2.75) is 10.9 Å². The van der Waals surface area contributed by atoms with E-state index in [0.717, 1.165) is 29.2 Å². The second-order valence-electron chi connectivity index (χ2n) is 5.96. The minimum Gasteiger partial charge on any atom is -0.479 e. The van der Waals surface area contributed by atoms with Gasteiger partial charge in [-0.1, -0.05) is 11.8 Å². The van der Waals surface area contributed by atoms with Gasteiger partial charge in [0.1, 0.15) is 27.8 Å². The highest BCUT2D eigenvalue weighted by atomic mass is 32.2. The molecular formula is C18H9F5N4O2S2. The van der Waals surface area contributed by atoms with Crippen LogP contribution < -0.4 is 10.3 Å². The number of thiazole rings is 1. The lowest BCUT2D eigenvalue weighted by Gasteiger charge is -2.13. The first kappa shape index (κ1) is 21.2. The molecule has 0 unspecified atom stereocenters. The first-order chi connectivity index (χ1) is 14.8. The number of nitrogens with zero attached hydrogens (tertiary/aromatic N) is 4. The number of fused-ring (bicyclic) bond motifs is 1. The Kier molecular flexibility index (Phi) is 5.62. The van der Waals surface area contributed by atoms with Crippen LogP contribution in [0.15, 0.2) is 33.8 Å². The molecular weight excluding hydrogens is 463 g/mol. The van der Waals surface area contributed by atoms with Gasteiger partial charge in [0, 0.05) is 23.4 Å². The first-order valence-corrected chi connectivity index (χ1v) is 10.2. The number of aromatic nitrogens is 4. The van der Waals surface area contributed by atoms with Crippen LogP contribution in [0.2, 0.25) is 0 Å². The van der Waals surface area contributed by atoms with Gasteiger partial charge in [0.05, 0.1) is 18.8 Å². The Morgan fingerprint density at radius 3 is 2.48 bits per heavy atom. The summed E-state index contributed by atoms with van der Waals surface area (Å²) in [4.78, 5) is 24.6. The molecule has 0 spiro atoms. The zero-order valence-corrected chi connectivity index (χ0v) is 17.0. The maximum atomic E-state index is 14.7. The molecule has 0 saturated heterocycles. The molecule has 160 valence electrons. The van der Waals surface area contributed by atoms with Gasteiger partial charge in [0.2, 0.25) is 5.82 Å². The molecule has 0 bridgehead atoms. The fraction of sp³-hybridized carbons (Fsp3) is 0.111. The van der Waals surface area contributed by atoms with Crippen LogP contribution in [0, 0.1) is 29.1 Å². The SMILES string of the molecule is COc1ncc(-n2c(SCc3c(F)cc(F)cc3F)nc3ncsc3c2=O)c(F)c1F. The zero-order chi connectivity index (χ0) is 22.3. The Labute approximate surface area is 178 Å². The molecule has 31 heavy (non-hydrogen) atoms. The summed E-state index contributed by atoms with van der Waals surface area (Å²) < 4.78 is 75.4. The minimum atomic E-state index is -1.43. The maximum Gasteiger partial charge on any atom is 0.278 e. The number of halogens is 5. The van der Waals surface area contributed by atoms with Crippen molar-refractivity contribution in [3.63, 3.8) is 0 Å². The summed E-state index contributed by atoms with van der Waals surface area (Å²) >= 11 is 1.58. The Balaban J connectivity index is 1.87. The number of hydrogen-bond acceptors (Lipinski definition) is 7. The third kappa shape index (κ3) is 3.74. The van der Waals surface area contributed by atoms with Crippen LogP contribution in [0.3, 0.4) is 0 Å². The summed E-state index contributed by atoms with van der Waals surface area (Å²) in [6.07, 6.45) is 0.871. The average Bonchev–Trinajstić information content (AvgIpc) is 3.19. The van der Waals surface area contributed by atoms with Crippen LogP contribution in [-0.2, 0) is 5.75 Å². The lowest BCUT2D eigenvalue weighted by Crippen LogP contribution is -2.23. The molecule has 13 heteroatoms. The second kappa shape index (κ2) is 8.23. The van der Waals surface area contributed by atoms with Gasteiger partial charge >= 0.3 is 0 Å². The van der Waals surface area contributed by atoms with Crippen molar-refractivity contribution in [1.29, 1.82) is 0 Å². The van der Waals surface area contributed by atoms with Crippen LogP contribution in [0.25, 0.3) is 16.0 Å². The molecule has 4 aromatic rings. The number of hydrogen-bond donors (Lipinski definition) is 0. The van der Waals surface area contributed by atoms with Crippen LogP contribution in [-0.4, -0.2) is 26.6 Å². The van der Waals surface area contributed by atoms with Crippen LogP contribution in [0.5, 0.6) is 5.88 Å². The number of ether oxygens (including phenoxy) is 1. The summed E-state index contributed by atoms with van der Waals surface area (Å²) in [7, 11) is 1.09. The van der Waals surface area contributed by atoms with Gasteiger partial charge in [-0.15, -0.1) is 11.3 Å². The smallest absolute Gasteiger partial charge is 0.278 e. The summed E-state index contributed by atoms with van der Waals surface area (Å²) in [5.41, 5.74) is -0.476. The molecule has 0 radical (unpaired) electrons. The summed E-state index contributed by atoms with van der Waals surface area (Å²) in [6, 6.07) is 1.01. The molecule has 0 atom stereocenters. The Hall–Kier alpha value is -3.06. The first-order valence-electron chi connectivity index (χ1n) is 8.32. The molecule has 0 saturated carbocycles. The highest BCUT2D eigenvalue weighted by molar-refractivity contribution is 7.98. The highest BCUT2D eigenvalue weighted by Gasteiger charge is 2.23.